The second kappa shape index (κ2) is 9.28. The van der Waals surface area contributed by atoms with Crippen LogP contribution in [0.25, 0.3) is 0 Å². The van der Waals surface area contributed by atoms with Crippen LogP contribution in [0, 0.1) is 0 Å². The Balaban J connectivity index is 1.56. The van der Waals surface area contributed by atoms with Crippen LogP contribution in [0.2, 0.25) is 0 Å². The molecule has 0 saturated carbocycles. The number of aliphatic imine (C=N–C) groups is 1. The van der Waals surface area contributed by atoms with Gasteiger partial charge in [-0.15, -0.1) is 0 Å². The molecule has 1 fully saturated rings. The minimum atomic E-state index is -1.06. The minimum Gasteiger partial charge on any atom is -0.490 e. The van der Waals surface area contributed by atoms with Crippen molar-refractivity contribution in [2.75, 3.05) is 20.7 Å². The Bertz CT molecular complexity index is 696. The molecule has 8 heteroatoms. The molecule has 3 rings (SSSR count). The first-order chi connectivity index (χ1) is 13.4. The first-order valence-corrected chi connectivity index (χ1v) is 10.2. The van der Waals surface area contributed by atoms with E-state index in [1.54, 1.807) is 6.08 Å². The first kappa shape index (κ1) is 21.1. The molecule has 0 amide bonds. The van der Waals surface area contributed by atoms with Crippen LogP contribution in [0.1, 0.15) is 12.5 Å². The number of aliphatic hydroxyl groups is 2. The lowest BCUT2D eigenvalue weighted by molar-refractivity contribution is -0.193. The van der Waals surface area contributed by atoms with Gasteiger partial charge in [-0.3, -0.25) is 4.99 Å². The van der Waals surface area contributed by atoms with Gasteiger partial charge < -0.3 is 29.3 Å². The highest BCUT2D eigenvalue weighted by Gasteiger charge is 2.50. The number of nitrogens with zero attached hydrogens (tertiary/aromatic N) is 2. The van der Waals surface area contributed by atoms with Crippen LogP contribution in [-0.2, 0) is 16.1 Å². The summed E-state index contributed by atoms with van der Waals surface area (Å²) in [5.74, 6) is 0.770. The third-order valence-corrected chi connectivity index (χ3v) is 6.04. The summed E-state index contributed by atoms with van der Waals surface area (Å²) < 4.78 is 17.4. The second-order valence-electron chi connectivity index (χ2n) is 7.12. The Kier molecular flexibility index (Phi) is 7.00. The van der Waals surface area contributed by atoms with Crippen LogP contribution in [-0.4, -0.2) is 76.9 Å². The number of ether oxygens (including phenoxy) is 3. The topological polar surface area (TPSA) is 83.8 Å². The zero-order valence-corrected chi connectivity index (χ0v) is 17.2. The third kappa shape index (κ3) is 4.69. The summed E-state index contributed by atoms with van der Waals surface area (Å²) in [5, 5.41) is 21.8. The van der Waals surface area contributed by atoms with Gasteiger partial charge in [0.2, 0.25) is 0 Å². The lowest BCUT2D eigenvalue weighted by Gasteiger charge is -2.40. The lowest BCUT2D eigenvalue weighted by atomic mass is 9.95. The molecule has 1 aromatic rings. The van der Waals surface area contributed by atoms with Gasteiger partial charge >= 0.3 is 0 Å². The van der Waals surface area contributed by atoms with Crippen LogP contribution in [0.5, 0.6) is 5.75 Å². The number of fused-ring (bicyclic) bond motifs is 1. The summed E-state index contributed by atoms with van der Waals surface area (Å²) in [6.45, 7) is 6.30. The number of aliphatic hydroxyl groups excluding tert-OH is 2. The van der Waals surface area contributed by atoms with Crippen LogP contribution >= 0.6 is 11.8 Å². The van der Waals surface area contributed by atoms with Gasteiger partial charge in [0, 0.05) is 14.1 Å². The highest BCUT2D eigenvalue weighted by Crippen LogP contribution is 2.38. The third-order valence-electron chi connectivity index (χ3n) is 4.74. The molecule has 1 saturated heterocycles. The molecule has 7 nitrogen and oxygen atoms in total. The molecular weight excluding hydrogens is 380 g/mol. The van der Waals surface area contributed by atoms with Crippen molar-refractivity contribution < 1.29 is 24.4 Å². The number of benzene rings is 1. The van der Waals surface area contributed by atoms with Crippen molar-refractivity contribution in [3.8, 4) is 5.75 Å². The molecule has 6 atom stereocenters. The van der Waals surface area contributed by atoms with E-state index in [0.717, 1.165) is 16.5 Å². The summed E-state index contributed by atoms with van der Waals surface area (Å²) in [5.41, 5.74) is 0.656. The molecule has 0 radical (unpaired) electrons. The minimum absolute atomic E-state index is 0.326. The number of hydrogen-bond acceptors (Lipinski definition) is 8. The van der Waals surface area contributed by atoms with Crippen molar-refractivity contribution >= 4 is 16.9 Å². The maximum absolute atomic E-state index is 10.5. The monoisotopic (exact) mass is 408 g/mol. The van der Waals surface area contributed by atoms with Crippen LogP contribution in [0.15, 0.2) is 41.9 Å². The van der Waals surface area contributed by atoms with Gasteiger partial charge in [-0.1, -0.05) is 36.5 Å². The Labute approximate surface area is 170 Å². The summed E-state index contributed by atoms with van der Waals surface area (Å²) >= 11 is 1.46. The summed E-state index contributed by atoms with van der Waals surface area (Å²) in [6, 6.07) is 7.14. The molecule has 28 heavy (non-hydrogen) atoms. The second-order valence-corrected chi connectivity index (χ2v) is 8.19. The normalized spacial score (nSPS) is 30.3. The average molecular weight is 409 g/mol. The van der Waals surface area contributed by atoms with E-state index in [9.17, 15) is 10.2 Å². The Morgan fingerprint density at radius 3 is 2.64 bits per heavy atom. The van der Waals surface area contributed by atoms with E-state index in [2.05, 4.69) is 11.6 Å². The Hall–Kier alpha value is -1.58. The maximum atomic E-state index is 10.5. The quantitative estimate of drug-likeness (QED) is 0.664. The number of amidine groups is 1. The van der Waals surface area contributed by atoms with Gasteiger partial charge in [-0.25, -0.2) is 0 Å². The largest absolute Gasteiger partial charge is 0.490 e. The molecular formula is C20H28N2O5S. The number of thioether (sulfide) groups is 1. The van der Waals surface area contributed by atoms with Crippen molar-refractivity contribution in [2.45, 2.75) is 49.4 Å². The van der Waals surface area contributed by atoms with Crippen molar-refractivity contribution in [3.05, 3.63) is 42.5 Å². The van der Waals surface area contributed by atoms with E-state index < -0.39 is 30.5 Å². The van der Waals surface area contributed by atoms with E-state index in [0.29, 0.717) is 13.2 Å². The van der Waals surface area contributed by atoms with E-state index in [1.165, 1.54) is 11.8 Å². The van der Waals surface area contributed by atoms with Crippen LogP contribution in [0.3, 0.4) is 0 Å². The first-order valence-electron chi connectivity index (χ1n) is 9.28. The fraction of sp³-hybridized carbons (Fsp3) is 0.550. The van der Waals surface area contributed by atoms with Gasteiger partial charge in [-0.2, -0.15) is 0 Å². The molecule has 0 aromatic heterocycles. The molecule has 1 aromatic carbocycles. The highest BCUT2D eigenvalue weighted by molar-refractivity contribution is 8.14. The van der Waals surface area contributed by atoms with E-state index in [1.807, 2.05) is 50.2 Å². The zero-order valence-electron chi connectivity index (χ0n) is 16.4. The van der Waals surface area contributed by atoms with Crippen LogP contribution < -0.4 is 4.74 Å². The van der Waals surface area contributed by atoms with Gasteiger partial charge in [0.1, 0.15) is 42.1 Å². The summed E-state index contributed by atoms with van der Waals surface area (Å²) in [6.07, 6.45) is -1.37. The molecule has 2 N–H and O–H groups in total. The fourth-order valence-electron chi connectivity index (χ4n) is 3.14. The van der Waals surface area contributed by atoms with Crippen molar-refractivity contribution in [3.63, 3.8) is 0 Å². The van der Waals surface area contributed by atoms with Crippen molar-refractivity contribution in [1.29, 1.82) is 0 Å². The van der Waals surface area contributed by atoms with Crippen LogP contribution in [0.4, 0.5) is 0 Å². The molecule has 0 unspecified atom stereocenters. The van der Waals surface area contributed by atoms with E-state index >= 15 is 0 Å². The smallest absolute Gasteiger partial charge is 0.161 e. The molecule has 0 aliphatic carbocycles. The number of hydrogen-bond donors (Lipinski definition) is 2. The van der Waals surface area contributed by atoms with Gasteiger partial charge in [0.25, 0.3) is 0 Å². The summed E-state index contributed by atoms with van der Waals surface area (Å²) in [7, 11) is 3.78. The molecule has 0 spiro atoms. The Morgan fingerprint density at radius 1 is 1.29 bits per heavy atom. The molecule has 2 aliphatic rings. The van der Waals surface area contributed by atoms with Gasteiger partial charge in [-0.05, 0) is 24.6 Å². The van der Waals surface area contributed by atoms with E-state index in [4.69, 9.17) is 14.2 Å². The zero-order chi connectivity index (χ0) is 20.3. The Morgan fingerprint density at radius 2 is 2.00 bits per heavy atom. The average Bonchev–Trinajstić information content (AvgIpc) is 3.13. The predicted molar refractivity (Wildman–Crippen MR) is 110 cm³/mol. The standard InChI is InChI=1S/C20H28N2O5S/c1-5-10-25-14-8-6-13(7-9-14)11-26-12(2)18-17(24)16(23)15-19(27-18)28-20(21-15)22(3)4/h5-9,12,15-19,23-24H,1,10-11H2,2-4H3/t12-,15+,16+,17-,18+,19+/m0/s1. The van der Waals surface area contributed by atoms with Crippen molar-refractivity contribution in [2.24, 2.45) is 4.99 Å². The van der Waals surface area contributed by atoms with Crippen molar-refractivity contribution in [1.82, 2.24) is 4.90 Å². The molecule has 2 heterocycles. The lowest BCUT2D eigenvalue weighted by Crippen LogP contribution is -2.58. The maximum Gasteiger partial charge on any atom is 0.161 e. The highest BCUT2D eigenvalue weighted by atomic mass is 32.2. The fourth-order valence-corrected chi connectivity index (χ4v) is 4.28. The predicted octanol–water partition coefficient (Wildman–Crippen LogP) is 1.64. The number of rotatable bonds is 7. The molecule has 2 aliphatic heterocycles. The molecule has 154 valence electrons. The van der Waals surface area contributed by atoms with Gasteiger partial charge in [0.15, 0.2) is 5.17 Å². The SMILES string of the molecule is C=CCOc1ccc(CO[C@@H](C)[C@H]2O[C@@H]3SC(N(C)C)=N[C@@H]3[C@@H](O)[C@@H]2O)cc1. The van der Waals surface area contributed by atoms with Gasteiger partial charge in [0.05, 0.1) is 12.7 Å². The molecule has 0 bridgehead atoms. The summed E-state index contributed by atoms with van der Waals surface area (Å²) in [4.78, 5) is 6.35. The van der Waals surface area contributed by atoms with E-state index in [-0.39, 0.29) is 5.44 Å².